The minimum Gasteiger partial charge on any atom is -0.387 e. The predicted octanol–water partition coefficient (Wildman–Crippen LogP) is 2.85. The molecule has 0 bridgehead atoms. The SMILES string of the molecule is CCN(CC)CCNCC(O)c1ccc(CC(C)C)cc1. The van der Waals surface area contributed by atoms with Crippen molar-refractivity contribution >= 4 is 0 Å². The third kappa shape index (κ3) is 7.07. The van der Waals surface area contributed by atoms with Crippen molar-refractivity contribution < 1.29 is 5.11 Å². The van der Waals surface area contributed by atoms with Crippen molar-refractivity contribution in [3.63, 3.8) is 0 Å². The molecular weight excluding hydrogens is 260 g/mol. The second-order valence-electron chi connectivity index (χ2n) is 6.09. The molecular formula is C18H32N2O. The van der Waals surface area contributed by atoms with Crippen LogP contribution in [0.5, 0.6) is 0 Å². The molecule has 0 saturated carbocycles. The van der Waals surface area contributed by atoms with Gasteiger partial charge in [-0.3, -0.25) is 0 Å². The minimum atomic E-state index is -0.421. The van der Waals surface area contributed by atoms with Crippen molar-refractivity contribution in [2.45, 2.75) is 40.2 Å². The number of nitrogens with one attached hydrogen (secondary N) is 1. The Morgan fingerprint density at radius 2 is 1.71 bits per heavy atom. The summed E-state index contributed by atoms with van der Waals surface area (Å²) >= 11 is 0. The van der Waals surface area contributed by atoms with Crippen LogP contribution in [0.1, 0.15) is 44.9 Å². The Labute approximate surface area is 130 Å². The van der Waals surface area contributed by atoms with E-state index in [2.05, 4.69) is 62.2 Å². The van der Waals surface area contributed by atoms with Gasteiger partial charge in [-0.2, -0.15) is 0 Å². The van der Waals surface area contributed by atoms with Crippen LogP contribution in [0.25, 0.3) is 0 Å². The zero-order valence-electron chi connectivity index (χ0n) is 14.1. The van der Waals surface area contributed by atoms with Gasteiger partial charge in [-0.25, -0.2) is 0 Å². The number of hydrogen-bond acceptors (Lipinski definition) is 3. The van der Waals surface area contributed by atoms with Gasteiger partial charge in [0.1, 0.15) is 0 Å². The van der Waals surface area contributed by atoms with Crippen LogP contribution in [0.15, 0.2) is 24.3 Å². The second-order valence-corrected chi connectivity index (χ2v) is 6.09. The summed E-state index contributed by atoms with van der Waals surface area (Å²) in [6.07, 6.45) is 0.674. The van der Waals surface area contributed by atoms with E-state index in [0.29, 0.717) is 12.5 Å². The molecule has 0 heterocycles. The molecule has 3 nitrogen and oxygen atoms in total. The average molecular weight is 292 g/mol. The summed E-state index contributed by atoms with van der Waals surface area (Å²) in [5.41, 5.74) is 2.34. The Balaban J connectivity index is 2.33. The predicted molar refractivity (Wildman–Crippen MR) is 90.6 cm³/mol. The lowest BCUT2D eigenvalue weighted by Crippen LogP contribution is -2.33. The highest BCUT2D eigenvalue weighted by molar-refractivity contribution is 5.24. The van der Waals surface area contributed by atoms with Crippen LogP contribution in [0.4, 0.5) is 0 Å². The lowest BCUT2D eigenvalue weighted by Gasteiger charge is -2.19. The zero-order valence-corrected chi connectivity index (χ0v) is 14.1. The van der Waals surface area contributed by atoms with Gasteiger partial charge in [-0.15, -0.1) is 0 Å². The molecule has 0 fully saturated rings. The maximum Gasteiger partial charge on any atom is 0.0914 e. The molecule has 1 rings (SSSR count). The number of nitrogens with zero attached hydrogens (tertiary/aromatic N) is 1. The van der Waals surface area contributed by atoms with Gasteiger partial charge in [-0.1, -0.05) is 52.0 Å². The Morgan fingerprint density at radius 3 is 2.24 bits per heavy atom. The molecule has 0 aliphatic rings. The van der Waals surface area contributed by atoms with Crippen LogP contribution < -0.4 is 5.32 Å². The molecule has 0 aromatic heterocycles. The van der Waals surface area contributed by atoms with E-state index in [1.807, 2.05) is 0 Å². The number of hydrogen-bond donors (Lipinski definition) is 2. The molecule has 120 valence electrons. The van der Waals surface area contributed by atoms with Gasteiger partial charge in [0.15, 0.2) is 0 Å². The second kappa shape index (κ2) is 9.93. The maximum absolute atomic E-state index is 10.2. The van der Waals surface area contributed by atoms with Gasteiger partial charge in [0.25, 0.3) is 0 Å². The Bertz CT molecular complexity index is 371. The lowest BCUT2D eigenvalue weighted by atomic mass is 10.0. The largest absolute Gasteiger partial charge is 0.387 e. The Hall–Kier alpha value is -0.900. The quantitative estimate of drug-likeness (QED) is 0.651. The lowest BCUT2D eigenvalue weighted by molar-refractivity contribution is 0.172. The molecule has 0 amide bonds. The van der Waals surface area contributed by atoms with E-state index in [-0.39, 0.29) is 0 Å². The van der Waals surface area contributed by atoms with Crippen molar-refractivity contribution in [1.82, 2.24) is 10.2 Å². The van der Waals surface area contributed by atoms with Crippen LogP contribution in [0.2, 0.25) is 0 Å². The fourth-order valence-corrected chi connectivity index (χ4v) is 2.48. The van der Waals surface area contributed by atoms with Gasteiger partial charge < -0.3 is 15.3 Å². The van der Waals surface area contributed by atoms with Crippen LogP contribution in [0.3, 0.4) is 0 Å². The van der Waals surface area contributed by atoms with E-state index in [1.165, 1.54) is 5.56 Å². The van der Waals surface area contributed by atoms with Gasteiger partial charge in [-0.05, 0) is 36.6 Å². The molecule has 0 aliphatic heterocycles. The Morgan fingerprint density at radius 1 is 1.10 bits per heavy atom. The third-order valence-corrected chi connectivity index (χ3v) is 3.85. The first-order chi connectivity index (χ1) is 10.1. The topological polar surface area (TPSA) is 35.5 Å². The van der Waals surface area contributed by atoms with Crippen molar-refractivity contribution in [3.05, 3.63) is 35.4 Å². The molecule has 0 radical (unpaired) electrons. The summed E-state index contributed by atoms with van der Waals surface area (Å²) in [6, 6.07) is 8.37. The summed E-state index contributed by atoms with van der Waals surface area (Å²) in [5, 5.41) is 13.5. The van der Waals surface area contributed by atoms with E-state index in [1.54, 1.807) is 0 Å². The number of rotatable bonds is 10. The number of benzene rings is 1. The molecule has 1 aromatic carbocycles. The van der Waals surface area contributed by atoms with Gasteiger partial charge in [0, 0.05) is 19.6 Å². The summed E-state index contributed by atoms with van der Waals surface area (Å²) < 4.78 is 0. The van der Waals surface area contributed by atoms with E-state index in [0.717, 1.165) is 38.2 Å². The van der Waals surface area contributed by atoms with E-state index in [9.17, 15) is 5.11 Å². The smallest absolute Gasteiger partial charge is 0.0914 e. The highest BCUT2D eigenvalue weighted by Gasteiger charge is 2.07. The number of aliphatic hydroxyl groups excluding tert-OH is 1. The summed E-state index contributed by atoms with van der Waals surface area (Å²) in [7, 11) is 0. The fourth-order valence-electron chi connectivity index (χ4n) is 2.48. The van der Waals surface area contributed by atoms with Crippen molar-refractivity contribution in [2.75, 3.05) is 32.7 Å². The summed E-state index contributed by atoms with van der Waals surface area (Å²) in [5.74, 6) is 0.669. The van der Waals surface area contributed by atoms with Crippen LogP contribution in [-0.2, 0) is 6.42 Å². The molecule has 0 aliphatic carbocycles. The van der Waals surface area contributed by atoms with Crippen molar-refractivity contribution in [1.29, 1.82) is 0 Å². The first kappa shape index (κ1) is 18.1. The number of aliphatic hydroxyl groups is 1. The average Bonchev–Trinajstić information content (AvgIpc) is 2.47. The molecule has 2 N–H and O–H groups in total. The van der Waals surface area contributed by atoms with E-state index in [4.69, 9.17) is 0 Å². The molecule has 1 aromatic rings. The highest BCUT2D eigenvalue weighted by Crippen LogP contribution is 2.15. The minimum absolute atomic E-state index is 0.421. The molecule has 0 spiro atoms. The van der Waals surface area contributed by atoms with E-state index >= 15 is 0 Å². The van der Waals surface area contributed by atoms with Crippen LogP contribution >= 0.6 is 0 Å². The molecule has 1 atom stereocenters. The van der Waals surface area contributed by atoms with Crippen molar-refractivity contribution in [3.8, 4) is 0 Å². The number of likely N-dealkylation sites (N-methyl/N-ethyl adjacent to an activating group) is 1. The first-order valence-corrected chi connectivity index (χ1v) is 8.26. The van der Waals surface area contributed by atoms with E-state index < -0.39 is 6.10 Å². The monoisotopic (exact) mass is 292 g/mol. The van der Waals surface area contributed by atoms with Gasteiger partial charge in [0.2, 0.25) is 0 Å². The Kier molecular flexibility index (Phi) is 8.58. The normalized spacial score (nSPS) is 13.1. The summed E-state index contributed by atoms with van der Waals surface area (Å²) in [6.45, 7) is 13.5. The van der Waals surface area contributed by atoms with Crippen molar-refractivity contribution in [2.24, 2.45) is 5.92 Å². The standard InChI is InChI=1S/C18H32N2O/c1-5-20(6-2)12-11-19-14-18(21)17-9-7-16(8-10-17)13-15(3)4/h7-10,15,18-19,21H,5-6,11-14H2,1-4H3. The fraction of sp³-hybridized carbons (Fsp3) is 0.667. The van der Waals surface area contributed by atoms with Crippen LogP contribution in [0, 0.1) is 5.92 Å². The van der Waals surface area contributed by atoms with Gasteiger partial charge in [0.05, 0.1) is 6.10 Å². The molecule has 0 saturated heterocycles. The third-order valence-electron chi connectivity index (χ3n) is 3.85. The zero-order chi connectivity index (χ0) is 15.7. The van der Waals surface area contributed by atoms with Crippen LogP contribution in [-0.4, -0.2) is 42.7 Å². The molecule has 1 unspecified atom stereocenters. The first-order valence-electron chi connectivity index (χ1n) is 8.26. The summed E-state index contributed by atoms with van der Waals surface area (Å²) in [4.78, 5) is 2.38. The molecule has 3 heteroatoms. The maximum atomic E-state index is 10.2. The van der Waals surface area contributed by atoms with Gasteiger partial charge >= 0.3 is 0 Å². The molecule has 21 heavy (non-hydrogen) atoms. The highest BCUT2D eigenvalue weighted by atomic mass is 16.3.